The van der Waals surface area contributed by atoms with Gasteiger partial charge in [-0.2, -0.15) is 0 Å². The first-order valence-corrected chi connectivity index (χ1v) is 8.72. The van der Waals surface area contributed by atoms with E-state index in [-0.39, 0.29) is 4.90 Å². The third-order valence-electron chi connectivity index (χ3n) is 2.87. The van der Waals surface area contributed by atoms with E-state index in [0.717, 1.165) is 10.0 Å². The molecule has 2 aromatic rings. The number of ether oxygens (including phenoxy) is 1. The molecular formula is C15H16BrNO3S. The average Bonchev–Trinajstić information content (AvgIpc) is 2.44. The zero-order valence-electron chi connectivity index (χ0n) is 11.8. The van der Waals surface area contributed by atoms with E-state index in [1.807, 2.05) is 13.8 Å². The highest BCUT2D eigenvalue weighted by Gasteiger charge is 2.17. The van der Waals surface area contributed by atoms with Gasteiger partial charge in [-0.1, -0.05) is 28.1 Å². The summed E-state index contributed by atoms with van der Waals surface area (Å²) in [5.74, 6) is 0.511. The minimum Gasteiger partial charge on any atom is -0.492 e. The Morgan fingerprint density at radius 1 is 1.19 bits per heavy atom. The predicted molar refractivity (Wildman–Crippen MR) is 87.3 cm³/mol. The van der Waals surface area contributed by atoms with Crippen molar-refractivity contribution in [1.29, 1.82) is 0 Å². The number of para-hydroxylation sites is 2. The van der Waals surface area contributed by atoms with Gasteiger partial charge in [-0.3, -0.25) is 4.72 Å². The van der Waals surface area contributed by atoms with Gasteiger partial charge in [0.25, 0.3) is 10.0 Å². The van der Waals surface area contributed by atoms with Crippen LogP contribution in [-0.2, 0) is 10.0 Å². The normalized spacial score (nSPS) is 11.2. The molecule has 4 nitrogen and oxygen atoms in total. The highest BCUT2D eigenvalue weighted by atomic mass is 79.9. The van der Waals surface area contributed by atoms with Gasteiger partial charge in [-0.05, 0) is 49.7 Å². The van der Waals surface area contributed by atoms with Crippen LogP contribution in [0.1, 0.15) is 12.5 Å². The van der Waals surface area contributed by atoms with Crippen LogP contribution in [0, 0.1) is 6.92 Å². The van der Waals surface area contributed by atoms with Crippen molar-refractivity contribution in [1.82, 2.24) is 0 Å². The quantitative estimate of drug-likeness (QED) is 0.867. The molecule has 0 amide bonds. The van der Waals surface area contributed by atoms with E-state index in [1.165, 1.54) is 0 Å². The summed E-state index contributed by atoms with van der Waals surface area (Å²) >= 11 is 3.36. The summed E-state index contributed by atoms with van der Waals surface area (Å²) in [5.41, 5.74) is 1.29. The summed E-state index contributed by atoms with van der Waals surface area (Å²) in [5, 5.41) is 0. The second-order valence-corrected chi connectivity index (χ2v) is 6.98. The molecule has 0 unspecified atom stereocenters. The summed E-state index contributed by atoms with van der Waals surface area (Å²) in [6.07, 6.45) is 0. The number of halogens is 1. The van der Waals surface area contributed by atoms with Crippen molar-refractivity contribution < 1.29 is 13.2 Å². The number of rotatable bonds is 5. The van der Waals surface area contributed by atoms with Gasteiger partial charge >= 0.3 is 0 Å². The number of hydrogen-bond acceptors (Lipinski definition) is 3. The topological polar surface area (TPSA) is 55.4 Å². The Balaban J connectivity index is 2.35. The van der Waals surface area contributed by atoms with Crippen LogP contribution >= 0.6 is 15.9 Å². The van der Waals surface area contributed by atoms with Crippen LogP contribution < -0.4 is 9.46 Å². The maximum atomic E-state index is 12.4. The van der Waals surface area contributed by atoms with Crippen molar-refractivity contribution >= 4 is 31.6 Å². The van der Waals surface area contributed by atoms with Crippen molar-refractivity contribution in [3.63, 3.8) is 0 Å². The van der Waals surface area contributed by atoms with Crippen LogP contribution in [0.15, 0.2) is 51.8 Å². The van der Waals surface area contributed by atoms with Crippen molar-refractivity contribution in [2.75, 3.05) is 11.3 Å². The summed E-state index contributed by atoms with van der Waals surface area (Å²) < 4.78 is 33.7. The number of benzene rings is 2. The first-order chi connectivity index (χ1) is 9.94. The molecule has 0 saturated heterocycles. The Bertz CT molecular complexity index is 744. The van der Waals surface area contributed by atoms with Gasteiger partial charge in [0.1, 0.15) is 5.75 Å². The Kier molecular flexibility index (Phi) is 4.90. The Morgan fingerprint density at radius 3 is 2.57 bits per heavy atom. The first kappa shape index (κ1) is 15.9. The van der Waals surface area contributed by atoms with Gasteiger partial charge in [0, 0.05) is 4.47 Å². The van der Waals surface area contributed by atoms with Crippen LogP contribution in [-0.4, -0.2) is 15.0 Å². The maximum Gasteiger partial charge on any atom is 0.262 e. The van der Waals surface area contributed by atoms with Crippen molar-refractivity contribution in [3.8, 4) is 5.75 Å². The van der Waals surface area contributed by atoms with Crippen LogP contribution in [0.2, 0.25) is 0 Å². The lowest BCUT2D eigenvalue weighted by atomic mass is 10.2. The van der Waals surface area contributed by atoms with Crippen LogP contribution in [0.5, 0.6) is 5.75 Å². The third kappa shape index (κ3) is 3.77. The molecule has 1 N–H and O–H groups in total. The molecule has 0 bridgehead atoms. The van der Waals surface area contributed by atoms with Gasteiger partial charge in [0.15, 0.2) is 0 Å². The molecule has 0 aliphatic rings. The van der Waals surface area contributed by atoms with Crippen LogP contribution in [0.25, 0.3) is 0 Å². The predicted octanol–water partition coefficient (Wildman–Crippen LogP) is 3.96. The standard InChI is InChI=1S/C15H16BrNO3S/c1-3-20-15-7-5-4-6-14(15)17-21(18,19)12-8-9-13(16)11(2)10-12/h4-10,17H,3H2,1-2H3. The van der Waals surface area contributed by atoms with Crippen molar-refractivity contribution in [3.05, 3.63) is 52.5 Å². The summed E-state index contributed by atoms with van der Waals surface area (Å²) in [4.78, 5) is 0.217. The summed E-state index contributed by atoms with van der Waals surface area (Å²) in [6, 6.07) is 11.9. The minimum atomic E-state index is -3.64. The molecule has 0 saturated carbocycles. The fourth-order valence-corrected chi connectivity index (χ4v) is 3.22. The van der Waals surface area contributed by atoms with Gasteiger partial charge in [-0.15, -0.1) is 0 Å². The van der Waals surface area contributed by atoms with E-state index in [0.29, 0.717) is 18.0 Å². The van der Waals surface area contributed by atoms with Crippen LogP contribution in [0.4, 0.5) is 5.69 Å². The average molecular weight is 370 g/mol. The molecule has 0 heterocycles. The molecule has 21 heavy (non-hydrogen) atoms. The van der Waals surface area contributed by atoms with Crippen molar-refractivity contribution in [2.24, 2.45) is 0 Å². The van der Waals surface area contributed by atoms with Gasteiger partial charge in [0.05, 0.1) is 17.2 Å². The maximum absolute atomic E-state index is 12.4. The Hall–Kier alpha value is -1.53. The first-order valence-electron chi connectivity index (χ1n) is 6.45. The lowest BCUT2D eigenvalue weighted by Gasteiger charge is -2.13. The van der Waals surface area contributed by atoms with Gasteiger partial charge in [0.2, 0.25) is 0 Å². The lowest BCUT2D eigenvalue weighted by Crippen LogP contribution is -2.14. The SMILES string of the molecule is CCOc1ccccc1NS(=O)(=O)c1ccc(Br)c(C)c1. The largest absolute Gasteiger partial charge is 0.492 e. The molecule has 0 aliphatic carbocycles. The van der Waals surface area contributed by atoms with E-state index >= 15 is 0 Å². The fourth-order valence-electron chi connectivity index (χ4n) is 1.82. The van der Waals surface area contributed by atoms with Crippen LogP contribution in [0.3, 0.4) is 0 Å². The number of hydrogen-bond donors (Lipinski definition) is 1. The zero-order chi connectivity index (χ0) is 15.5. The molecule has 6 heteroatoms. The molecule has 0 aromatic heterocycles. The second kappa shape index (κ2) is 6.49. The number of nitrogens with one attached hydrogen (secondary N) is 1. The number of sulfonamides is 1. The van der Waals surface area contributed by atoms with E-state index in [1.54, 1.807) is 42.5 Å². The van der Waals surface area contributed by atoms with E-state index in [2.05, 4.69) is 20.7 Å². The molecule has 2 aromatic carbocycles. The lowest BCUT2D eigenvalue weighted by molar-refractivity contribution is 0.342. The monoisotopic (exact) mass is 369 g/mol. The van der Waals surface area contributed by atoms with E-state index < -0.39 is 10.0 Å². The fraction of sp³-hybridized carbons (Fsp3) is 0.200. The Labute approximate surface area is 133 Å². The minimum absolute atomic E-state index is 0.217. The molecule has 0 fully saturated rings. The molecule has 0 atom stereocenters. The molecule has 2 rings (SSSR count). The molecule has 0 spiro atoms. The second-order valence-electron chi connectivity index (χ2n) is 4.45. The van der Waals surface area contributed by atoms with Gasteiger partial charge < -0.3 is 4.74 Å². The third-order valence-corrected chi connectivity index (χ3v) is 5.12. The highest BCUT2D eigenvalue weighted by molar-refractivity contribution is 9.10. The summed E-state index contributed by atoms with van der Waals surface area (Å²) in [6.45, 7) is 4.16. The van der Waals surface area contributed by atoms with E-state index in [9.17, 15) is 8.42 Å². The molecule has 0 radical (unpaired) electrons. The molecular weight excluding hydrogens is 354 g/mol. The Morgan fingerprint density at radius 2 is 1.90 bits per heavy atom. The summed E-state index contributed by atoms with van der Waals surface area (Å²) in [7, 11) is -3.64. The van der Waals surface area contributed by atoms with E-state index in [4.69, 9.17) is 4.74 Å². The smallest absolute Gasteiger partial charge is 0.262 e. The molecule has 112 valence electrons. The van der Waals surface area contributed by atoms with Crippen molar-refractivity contribution in [2.45, 2.75) is 18.7 Å². The zero-order valence-corrected chi connectivity index (χ0v) is 14.2. The van der Waals surface area contributed by atoms with Gasteiger partial charge in [-0.25, -0.2) is 8.42 Å². The highest BCUT2D eigenvalue weighted by Crippen LogP contribution is 2.27. The molecule has 0 aliphatic heterocycles. The number of aryl methyl sites for hydroxylation is 1. The number of anilines is 1.